The molecule has 0 aliphatic carbocycles. The summed E-state index contributed by atoms with van der Waals surface area (Å²) in [4.78, 5) is 24.9. The van der Waals surface area contributed by atoms with Crippen LogP contribution >= 0.6 is 0 Å². The van der Waals surface area contributed by atoms with Gasteiger partial charge in [-0.15, -0.1) is 0 Å². The van der Waals surface area contributed by atoms with E-state index in [0.29, 0.717) is 18.8 Å². The summed E-state index contributed by atoms with van der Waals surface area (Å²) in [5, 5.41) is 18.0. The maximum Gasteiger partial charge on any atom is 0.323 e. The first-order chi connectivity index (χ1) is 9.52. The molecule has 2 N–H and O–H groups in total. The van der Waals surface area contributed by atoms with Crippen molar-refractivity contribution >= 4 is 11.9 Å². The second kappa shape index (κ2) is 6.06. The van der Waals surface area contributed by atoms with Gasteiger partial charge in [0.15, 0.2) is 0 Å². The lowest BCUT2D eigenvalue weighted by atomic mass is 10.2. The number of hydrogen-bond acceptors (Lipinski definition) is 4. The number of morpholine rings is 1. The highest BCUT2D eigenvalue weighted by Crippen LogP contribution is 2.16. The van der Waals surface area contributed by atoms with Gasteiger partial charge in [0.2, 0.25) is 0 Å². The number of rotatable bonds is 4. The van der Waals surface area contributed by atoms with Gasteiger partial charge in [0.05, 0.1) is 25.4 Å². The maximum atomic E-state index is 12.5. The Morgan fingerprint density at radius 3 is 2.90 bits per heavy atom. The van der Waals surface area contributed by atoms with Gasteiger partial charge < -0.3 is 24.4 Å². The number of aliphatic carboxylic acids is 1. The highest BCUT2D eigenvalue weighted by atomic mass is 16.5. The summed E-state index contributed by atoms with van der Waals surface area (Å²) in [7, 11) is 0. The van der Waals surface area contributed by atoms with E-state index in [1.807, 2.05) is 6.92 Å². The number of aromatic nitrogens is 1. The molecule has 0 saturated carbocycles. The van der Waals surface area contributed by atoms with E-state index in [-0.39, 0.29) is 25.1 Å². The second-order valence-corrected chi connectivity index (χ2v) is 4.86. The molecule has 1 aliphatic heterocycles. The molecule has 2 rings (SSSR count). The number of aliphatic hydroxyl groups is 1. The summed E-state index contributed by atoms with van der Waals surface area (Å²) >= 11 is 0. The van der Waals surface area contributed by atoms with Crippen LogP contribution < -0.4 is 0 Å². The van der Waals surface area contributed by atoms with Gasteiger partial charge in [0.1, 0.15) is 12.2 Å². The van der Waals surface area contributed by atoms with Crippen LogP contribution in [-0.4, -0.2) is 63.5 Å². The number of hydrogen-bond donors (Lipinski definition) is 2. The largest absolute Gasteiger partial charge is 0.480 e. The first-order valence-corrected chi connectivity index (χ1v) is 6.43. The van der Waals surface area contributed by atoms with Crippen molar-refractivity contribution in [3.63, 3.8) is 0 Å². The van der Waals surface area contributed by atoms with E-state index in [4.69, 9.17) is 14.9 Å². The smallest absolute Gasteiger partial charge is 0.323 e. The van der Waals surface area contributed by atoms with E-state index in [1.54, 1.807) is 23.2 Å². The lowest BCUT2D eigenvalue weighted by Crippen LogP contribution is -2.52. The molecular formula is C13H18N2O5. The van der Waals surface area contributed by atoms with Crippen molar-refractivity contribution in [2.45, 2.75) is 25.6 Å². The van der Waals surface area contributed by atoms with Crippen molar-refractivity contribution < 1.29 is 24.5 Å². The minimum Gasteiger partial charge on any atom is -0.480 e. The number of carboxylic acids is 1. The van der Waals surface area contributed by atoms with Crippen LogP contribution in [0.5, 0.6) is 0 Å². The third-order valence-electron chi connectivity index (χ3n) is 3.32. The van der Waals surface area contributed by atoms with Crippen LogP contribution in [0.2, 0.25) is 0 Å². The summed E-state index contributed by atoms with van der Waals surface area (Å²) in [6.45, 7) is 2.12. The summed E-state index contributed by atoms with van der Waals surface area (Å²) in [6.07, 6.45) is 1.17. The molecule has 1 aromatic heterocycles. The Morgan fingerprint density at radius 2 is 2.25 bits per heavy atom. The van der Waals surface area contributed by atoms with Crippen molar-refractivity contribution in [2.24, 2.45) is 0 Å². The molecule has 2 heterocycles. The number of carbonyl (C=O) groups excluding carboxylic acids is 1. The average Bonchev–Trinajstić information content (AvgIpc) is 2.86. The topological polar surface area (TPSA) is 92.0 Å². The molecule has 2 atom stereocenters. The van der Waals surface area contributed by atoms with Gasteiger partial charge in [-0.2, -0.15) is 0 Å². The predicted octanol–water partition coefficient (Wildman–Crippen LogP) is -0.206. The van der Waals surface area contributed by atoms with E-state index in [9.17, 15) is 9.59 Å². The van der Waals surface area contributed by atoms with Crippen molar-refractivity contribution in [2.75, 3.05) is 19.8 Å². The molecule has 1 aliphatic rings. The maximum absolute atomic E-state index is 12.5. The highest BCUT2D eigenvalue weighted by molar-refractivity contribution is 5.93. The number of ether oxygens (including phenoxy) is 1. The molecule has 1 saturated heterocycles. The van der Waals surface area contributed by atoms with E-state index >= 15 is 0 Å². The molecule has 20 heavy (non-hydrogen) atoms. The monoisotopic (exact) mass is 282 g/mol. The number of carboxylic acid groups (broad SMARTS) is 1. The summed E-state index contributed by atoms with van der Waals surface area (Å²) in [5.41, 5.74) is 0.331. The molecule has 2 unspecified atom stereocenters. The van der Waals surface area contributed by atoms with Crippen LogP contribution in [-0.2, 0) is 16.1 Å². The van der Waals surface area contributed by atoms with Crippen molar-refractivity contribution in [3.8, 4) is 0 Å². The summed E-state index contributed by atoms with van der Waals surface area (Å²) < 4.78 is 6.79. The van der Waals surface area contributed by atoms with Gasteiger partial charge in [-0.05, 0) is 19.1 Å². The van der Waals surface area contributed by atoms with Crippen LogP contribution in [0.4, 0.5) is 0 Å². The summed E-state index contributed by atoms with van der Waals surface area (Å²) in [5.74, 6) is -1.25. The van der Waals surface area contributed by atoms with Gasteiger partial charge in [-0.3, -0.25) is 9.59 Å². The third kappa shape index (κ3) is 3.00. The van der Waals surface area contributed by atoms with Gasteiger partial charge in [0.25, 0.3) is 5.91 Å². The van der Waals surface area contributed by atoms with Crippen molar-refractivity contribution in [1.82, 2.24) is 9.47 Å². The number of nitrogens with zero attached hydrogens (tertiary/aromatic N) is 2. The highest BCUT2D eigenvalue weighted by Gasteiger charge is 2.31. The second-order valence-electron chi connectivity index (χ2n) is 4.86. The van der Waals surface area contributed by atoms with Gasteiger partial charge >= 0.3 is 5.97 Å². The zero-order valence-corrected chi connectivity index (χ0v) is 11.2. The van der Waals surface area contributed by atoms with E-state index in [2.05, 4.69) is 0 Å². The Bertz CT molecular complexity index is 499. The van der Waals surface area contributed by atoms with Crippen LogP contribution in [0.15, 0.2) is 18.3 Å². The predicted molar refractivity (Wildman–Crippen MR) is 69.4 cm³/mol. The van der Waals surface area contributed by atoms with E-state index in [0.717, 1.165) is 0 Å². The van der Waals surface area contributed by atoms with E-state index < -0.39 is 12.1 Å². The molecule has 1 amide bonds. The Morgan fingerprint density at radius 1 is 1.50 bits per heavy atom. The minimum atomic E-state index is -1.00. The minimum absolute atomic E-state index is 0.113. The normalized spacial score (nSPS) is 22.8. The molecular weight excluding hydrogens is 264 g/mol. The number of amides is 1. The van der Waals surface area contributed by atoms with Gasteiger partial charge in [0, 0.05) is 12.7 Å². The standard InChI is InChI=1S/C13H18N2O5/c1-9-8-20-10(7-16)5-15(9)13(19)11-3-2-4-14(11)6-12(17)18/h2-4,9-10,16H,5-8H2,1H3,(H,17,18). The van der Waals surface area contributed by atoms with Gasteiger partial charge in [-0.1, -0.05) is 0 Å². The van der Waals surface area contributed by atoms with Gasteiger partial charge in [-0.25, -0.2) is 0 Å². The zero-order chi connectivity index (χ0) is 14.7. The van der Waals surface area contributed by atoms with Crippen molar-refractivity contribution in [3.05, 3.63) is 24.0 Å². The average molecular weight is 282 g/mol. The Labute approximate surface area is 116 Å². The molecule has 1 aromatic rings. The fraction of sp³-hybridized carbons (Fsp3) is 0.538. The molecule has 0 bridgehead atoms. The van der Waals surface area contributed by atoms with Crippen LogP contribution in [0, 0.1) is 0 Å². The Kier molecular flexibility index (Phi) is 4.41. The summed E-state index contributed by atoms with van der Waals surface area (Å²) in [6, 6.07) is 3.13. The first-order valence-electron chi connectivity index (χ1n) is 6.43. The Hall–Kier alpha value is -1.86. The Balaban J connectivity index is 2.17. The molecule has 0 aromatic carbocycles. The molecule has 0 radical (unpaired) electrons. The fourth-order valence-electron chi connectivity index (χ4n) is 2.25. The zero-order valence-electron chi connectivity index (χ0n) is 11.2. The number of carbonyl (C=O) groups is 2. The van der Waals surface area contributed by atoms with Crippen molar-refractivity contribution in [1.29, 1.82) is 0 Å². The molecule has 7 nitrogen and oxygen atoms in total. The fourth-order valence-corrected chi connectivity index (χ4v) is 2.25. The molecule has 110 valence electrons. The first kappa shape index (κ1) is 14.5. The van der Waals surface area contributed by atoms with Crippen LogP contribution in [0.3, 0.4) is 0 Å². The number of aliphatic hydroxyl groups excluding tert-OH is 1. The SMILES string of the molecule is CC1COC(CO)CN1C(=O)c1cccn1CC(=O)O. The van der Waals surface area contributed by atoms with Crippen LogP contribution in [0.1, 0.15) is 17.4 Å². The third-order valence-corrected chi connectivity index (χ3v) is 3.32. The van der Waals surface area contributed by atoms with Crippen LogP contribution in [0.25, 0.3) is 0 Å². The quantitative estimate of drug-likeness (QED) is 0.797. The lowest BCUT2D eigenvalue weighted by Gasteiger charge is -2.37. The molecule has 1 fully saturated rings. The lowest BCUT2D eigenvalue weighted by molar-refractivity contribution is -0.137. The molecule has 7 heteroatoms. The molecule has 0 spiro atoms. The van der Waals surface area contributed by atoms with E-state index in [1.165, 1.54) is 4.57 Å².